The maximum absolute atomic E-state index is 13.3. The molecule has 0 N–H and O–H groups in total. The van der Waals surface area contributed by atoms with Crippen molar-refractivity contribution in [3.05, 3.63) is 66.0 Å². The Labute approximate surface area is 176 Å². The van der Waals surface area contributed by atoms with Gasteiger partial charge in [0.25, 0.3) is 5.82 Å². The fraction of sp³-hybridized carbons (Fsp3) is 0.150. The van der Waals surface area contributed by atoms with Crippen LogP contribution in [-0.2, 0) is 12.4 Å². The molecule has 0 aliphatic carbocycles. The molecule has 0 radical (unpaired) electrons. The van der Waals surface area contributed by atoms with Crippen molar-refractivity contribution in [3.8, 4) is 28.5 Å². The Morgan fingerprint density at radius 2 is 1.62 bits per heavy atom. The van der Waals surface area contributed by atoms with E-state index in [4.69, 9.17) is 9.47 Å². The number of nitrogens with zero attached hydrogens (tertiary/aromatic N) is 4. The summed E-state index contributed by atoms with van der Waals surface area (Å²) in [5.41, 5.74) is -0.490. The summed E-state index contributed by atoms with van der Waals surface area (Å²) in [4.78, 5) is 0. The minimum Gasteiger partial charge on any atom is -0.497 e. The minimum atomic E-state index is -4.84. The quantitative estimate of drug-likeness (QED) is 0.374. The van der Waals surface area contributed by atoms with Gasteiger partial charge in [-0.25, -0.2) is 0 Å². The summed E-state index contributed by atoms with van der Waals surface area (Å²) in [5, 5.41) is 10.1. The summed E-state index contributed by atoms with van der Waals surface area (Å²) >= 11 is 0. The second kappa shape index (κ2) is 7.70. The Hall–Kier alpha value is -3.83. The lowest BCUT2D eigenvalue weighted by atomic mass is 10.0. The van der Waals surface area contributed by atoms with Crippen molar-refractivity contribution in [3.63, 3.8) is 0 Å². The zero-order valence-electron chi connectivity index (χ0n) is 16.1. The standard InChI is InChI=1S/C20H12F6N4O2/c1-31-13-4-2-3-11(9-13)14-6-5-12(19(21,22)23)10-15(14)32-17-8-7-16-27-28-18(20(24,25)26)30(16)29-17/h2-10H,1H3. The van der Waals surface area contributed by atoms with Crippen LogP contribution in [0.2, 0.25) is 0 Å². The second-order valence-electron chi connectivity index (χ2n) is 6.51. The number of rotatable bonds is 4. The van der Waals surface area contributed by atoms with Crippen LogP contribution >= 0.6 is 0 Å². The first-order valence-electron chi connectivity index (χ1n) is 8.89. The highest BCUT2D eigenvalue weighted by molar-refractivity contribution is 5.72. The van der Waals surface area contributed by atoms with E-state index in [9.17, 15) is 26.3 Å². The van der Waals surface area contributed by atoms with Gasteiger partial charge in [-0.15, -0.1) is 15.3 Å². The molecular formula is C20H12F6N4O2. The summed E-state index contributed by atoms with van der Waals surface area (Å²) in [5.74, 6) is -1.59. The van der Waals surface area contributed by atoms with Gasteiger partial charge >= 0.3 is 12.4 Å². The highest BCUT2D eigenvalue weighted by atomic mass is 19.4. The SMILES string of the molecule is COc1cccc(-c2ccc(C(F)(F)F)cc2Oc2ccc3nnc(C(F)(F)F)n3n2)c1. The first-order chi connectivity index (χ1) is 15.1. The van der Waals surface area contributed by atoms with Crippen LogP contribution in [-0.4, -0.2) is 26.9 Å². The van der Waals surface area contributed by atoms with E-state index in [0.717, 1.165) is 18.2 Å². The summed E-state index contributed by atoms with van der Waals surface area (Å²) in [6.45, 7) is 0. The van der Waals surface area contributed by atoms with Crippen molar-refractivity contribution in [1.82, 2.24) is 19.8 Å². The van der Waals surface area contributed by atoms with Crippen molar-refractivity contribution < 1.29 is 35.8 Å². The van der Waals surface area contributed by atoms with E-state index in [-0.39, 0.29) is 22.8 Å². The lowest BCUT2D eigenvalue weighted by Gasteiger charge is -2.15. The van der Waals surface area contributed by atoms with Gasteiger partial charge in [0.2, 0.25) is 5.88 Å². The monoisotopic (exact) mass is 454 g/mol. The molecular weight excluding hydrogens is 442 g/mol. The van der Waals surface area contributed by atoms with E-state index < -0.39 is 23.7 Å². The van der Waals surface area contributed by atoms with Crippen molar-refractivity contribution in [2.24, 2.45) is 0 Å². The van der Waals surface area contributed by atoms with Gasteiger partial charge in [-0.3, -0.25) is 0 Å². The van der Waals surface area contributed by atoms with Gasteiger partial charge in [-0.05, 0) is 35.9 Å². The number of ether oxygens (including phenoxy) is 2. The van der Waals surface area contributed by atoms with Crippen LogP contribution < -0.4 is 9.47 Å². The number of fused-ring (bicyclic) bond motifs is 1. The topological polar surface area (TPSA) is 61.5 Å². The summed E-state index contributed by atoms with van der Waals surface area (Å²) in [6.07, 6.45) is -9.51. The second-order valence-corrected chi connectivity index (χ2v) is 6.51. The van der Waals surface area contributed by atoms with E-state index in [1.54, 1.807) is 24.3 Å². The van der Waals surface area contributed by atoms with Crippen molar-refractivity contribution in [1.29, 1.82) is 0 Å². The van der Waals surface area contributed by atoms with Crippen LogP contribution in [0.25, 0.3) is 16.8 Å². The third kappa shape index (κ3) is 4.15. The number of benzene rings is 2. The van der Waals surface area contributed by atoms with Gasteiger partial charge in [0, 0.05) is 11.6 Å². The van der Waals surface area contributed by atoms with E-state index >= 15 is 0 Å². The van der Waals surface area contributed by atoms with Crippen molar-refractivity contribution >= 4 is 5.65 Å². The third-order valence-electron chi connectivity index (χ3n) is 4.40. The predicted octanol–water partition coefficient (Wildman–Crippen LogP) is 5.63. The first-order valence-corrected chi connectivity index (χ1v) is 8.89. The molecule has 0 aliphatic heterocycles. The molecule has 2 aromatic carbocycles. The number of halogens is 6. The van der Waals surface area contributed by atoms with Gasteiger partial charge in [-0.1, -0.05) is 18.2 Å². The van der Waals surface area contributed by atoms with E-state index in [0.29, 0.717) is 15.8 Å². The van der Waals surface area contributed by atoms with Crippen LogP contribution in [0.1, 0.15) is 11.4 Å². The Kier molecular flexibility index (Phi) is 5.15. The summed E-state index contributed by atoms with van der Waals surface area (Å²) < 4.78 is 90.2. The van der Waals surface area contributed by atoms with Crippen molar-refractivity contribution in [2.75, 3.05) is 7.11 Å². The fourth-order valence-corrected chi connectivity index (χ4v) is 2.93. The molecule has 12 heteroatoms. The lowest BCUT2D eigenvalue weighted by Crippen LogP contribution is -2.12. The first kappa shape index (κ1) is 21.4. The molecule has 32 heavy (non-hydrogen) atoms. The highest BCUT2D eigenvalue weighted by Crippen LogP contribution is 2.39. The number of alkyl halides is 6. The van der Waals surface area contributed by atoms with Crippen LogP contribution in [0, 0.1) is 0 Å². The number of hydrogen-bond donors (Lipinski definition) is 0. The minimum absolute atomic E-state index is 0.207. The smallest absolute Gasteiger partial charge is 0.453 e. The van der Waals surface area contributed by atoms with Gasteiger partial charge in [-0.2, -0.15) is 30.9 Å². The summed E-state index contributed by atoms with van der Waals surface area (Å²) in [6, 6.07) is 11.6. The van der Waals surface area contributed by atoms with E-state index in [1.807, 2.05) is 0 Å². The normalized spacial score (nSPS) is 12.2. The average molecular weight is 454 g/mol. The highest BCUT2D eigenvalue weighted by Gasteiger charge is 2.38. The van der Waals surface area contributed by atoms with Gasteiger partial charge < -0.3 is 9.47 Å². The summed E-state index contributed by atoms with van der Waals surface area (Å²) in [7, 11) is 1.43. The maximum Gasteiger partial charge on any atom is 0.453 e. The Bertz CT molecular complexity index is 1280. The number of aromatic nitrogens is 4. The Morgan fingerprint density at radius 1 is 0.844 bits per heavy atom. The average Bonchev–Trinajstić information content (AvgIpc) is 3.17. The maximum atomic E-state index is 13.3. The molecule has 4 rings (SSSR count). The molecule has 4 aromatic rings. The van der Waals surface area contributed by atoms with Crippen molar-refractivity contribution in [2.45, 2.75) is 12.4 Å². The molecule has 6 nitrogen and oxygen atoms in total. The fourth-order valence-electron chi connectivity index (χ4n) is 2.93. The molecule has 0 atom stereocenters. The Balaban J connectivity index is 1.82. The van der Waals surface area contributed by atoms with Gasteiger partial charge in [0.15, 0.2) is 5.65 Å². The molecule has 0 unspecified atom stereocenters. The largest absolute Gasteiger partial charge is 0.497 e. The molecule has 0 aliphatic rings. The van der Waals surface area contributed by atoms with Gasteiger partial charge in [0.1, 0.15) is 11.5 Å². The van der Waals surface area contributed by atoms with E-state index in [2.05, 4.69) is 15.3 Å². The molecule has 0 fully saturated rings. The third-order valence-corrected chi connectivity index (χ3v) is 4.40. The van der Waals surface area contributed by atoms with Gasteiger partial charge in [0.05, 0.1) is 12.7 Å². The van der Waals surface area contributed by atoms with Crippen LogP contribution in [0.5, 0.6) is 17.4 Å². The zero-order chi connectivity index (χ0) is 23.1. The van der Waals surface area contributed by atoms with Crippen LogP contribution in [0.15, 0.2) is 54.6 Å². The predicted molar refractivity (Wildman–Crippen MR) is 99.3 cm³/mol. The number of methoxy groups -OCH3 is 1. The van der Waals surface area contributed by atoms with E-state index in [1.165, 1.54) is 19.2 Å². The molecule has 2 aromatic heterocycles. The molecule has 0 saturated heterocycles. The molecule has 0 spiro atoms. The van der Waals surface area contributed by atoms with Crippen LogP contribution in [0.3, 0.4) is 0 Å². The zero-order valence-corrected chi connectivity index (χ0v) is 16.1. The Morgan fingerprint density at radius 3 is 2.31 bits per heavy atom. The molecule has 0 amide bonds. The molecule has 0 saturated carbocycles. The number of hydrogen-bond acceptors (Lipinski definition) is 5. The lowest BCUT2D eigenvalue weighted by molar-refractivity contribution is -0.146. The van der Waals surface area contributed by atoms with Crippen LogP contribution in [0.4, 0.5) is 26.3 Å². The molecule has 166 valence electrons. The molecule has 0 bridgehead atoms. The molecule has 2 heterocycles.